The molecule has 2 aliphatic heterocycles. The van der Waals surface area contributed by atoms with E-state index in [1.165, 1.54) is 0 Å². The molecular formula is C13H22F6N4O3. The topological polar surface area (TPSA) is 126 Å². The number of hydrazine groups is 2. The van der Waals surface area contributed by atoms with Gasteiger partial charge in [-0.15, -0.1) is 0 Å². The molecule has 0 aromatic rings. The van der Waals surface area contributed by atoms with E-state index in [4.69, 9.17) is 9.47 Å². The van der Waals surface area contributed by atoms with Gasteiger partial charge < -0.3 is 14.6 Å². The van der Waals surface area contributed by atoms with Crippen LogP contribution in [0.1, 0.15) is 32.6 Å². The highest BCUT2D eigenvalue weighted by atomic mass is 19.4. The third-order valence-electron chi connectivity index (χ3n) is 4.26. The van der Waals surface area contributed by atoms with E-state index < -0.39 is 29.5 Å². The molecule has 2 heterocycles. The summed E-state index contributed by atoms with van der Waals surface area (Å²) in [6.45, 7) is 0.705. The molecule has 2 aliphatic rings. The fourth-order valence-corrected chi connectivity index (χ4v) is 2.24. The second-order valence-electron chi connectivity index (χ2n) is 6.77. The third-order valence-corrected chi connectivity index (χ3v) is 4.26. The van der Waals surface area contributed by atoms with Crippen LogP contribution in [0.3, 0.4) is 0 Å². The van der Waals surface area contributed by atoms with Crippen molar-refractivity contribution >= 4 is 0 Å². The molecule has 154 valence electrons. The molecule has 13 heteroatoms. The normalized spacial score (nSPS) is 23.5. The summed E-state index contributed by atoms with van der Waals surface area (Å²) in [4.78, 5) is 0. The monoisotopic (exact) mass is 396 g/mol. The van der Waals surface area contributed by atoms with E-state index in [2.05, 4.69) is 0 Å². The second-order valence-corrected chi connectivity index (χ2v) is 6.77. The van der Waals surface area contributed by atoms with Gasteiger partial charge in [0.1, 0.15) is 0 Å². The maximum atomic E-state index is 12.7. The Hall–Kier alpha value is -0.700. The van der Waals surface area contributed by atoms with Crippen LogP contribution in [-0.4, -0.2) is 49.0 Å². The molecule has 1 unspecified atom stereocenters. The molecule has 0 spiro atoms. The smallest absolute Gasteiger partial charge is 0.396 e. The number of ether oxygens (including phenoxy) is 2. The molecule has 26 heavy (non-hydrogen) atoms. The van der Waals surface area contributed by atoms with Gasteiger partial charge >= 0.3 is 12.4 Å². The Balaban J connectivity index is 1.64. The van der Waals surface area contributed by atoms with Crippen molar-refractivity contribution in [1.82, 2.24) is 21.7 Å². The van der Waals surface area contributed by atoms with Crippen molar-refractivity contribution in [2.75, 3.05) is 19.8 Å². The van der Waals surface area contributed by atoms with Crippen LogP contribution in [0.5, 0.6) is 0 Å². The van der Waals surface area contributed by atoms with Crippen molar-refractivity contribution in [3.05, 3.63) is 0 Å². The maximum absolute atomic E-state index is 12.7. The van der Waals surface area contributed by atoms with Crippen molar-refractivity contribution in [2.24, 2.45) is 5.41 Å². The van der Waals surface area contributed by atoms with Gasteiger partial charge in [-0.1, -0.05) is 19.8 Å². The quantitative estimate of drug-likeness (QED) is 0.202. The van der Waals surface area contributed by atoms with Crippen LogP contribution in [0.25, 0.3) is 0 Å². The lowest BCUT2D eigenvalue weighted by atomic mass is 9.86. The maximum Gasteiger partial charge on any atom is 0.449 e. The Labute approximate surface area is 145 Å². The Morgan fingerprint density at radius 1 is 0.808 bits per heavy atom. The zero-order valence-electron chi connectivity index (χ0n) is 14.0. The summed E-state index contributed by atoms with van der Waals surface area (Å²) in [5, 5.41) is 9.44. The minimum Gasteiger partial charge on any atom is -0.396 e. The van der Waals surface area contributed by atoms with E-state index in [1.54, 1.807) is 6.92 Å². The summed E-state index contributed by atoms with van der Waals surface area (Å²) in [5.74, 6) is -5.05. The zero-order chi connectivity index (χ0) is 19.7. The van der Waals surface area contributed by atoms with E-state index >= 15 is 0 Å². The van der Waals surface area contributed by atoms with E-state index in [0.29, 0.717) is 25.7 Å². The summed E-state index contributed by atoms with van der Waals surface area (Å²) >= 11 is 0. The minimum atomic E-state index is -4.64. The van der Waals surface area contributed by atoms with Gasteiger partial charge in [-0.25, -0.2) is 21.7 Å². The minimum absolute atomic E-state index is 0.142. The van der Waals surface area contributed by atoms with Crippen LogP contribution in [0.4, 0.5) is 26.3 Å². The summed E-state index contributed by atoms with van der Waals surface area (Å²) in [6, 6.07) is 0. The summed E-state index contributed by atoms with van der Waals surface area (Å²) in [7, 11) is 0. The molecule has 2 saturated heterocycles. The van der Waals surface area contributed by atoms with Gasteiger partial charge in [0.2, 0.25) is 0 Å². The highest BCUT2D eigenvalue weighted by molar-refractivity contribution is 4.93. The Morgan fingerprint density at radius 2 is 1.31 bits per heavy atom. The van der Waals surface area contributed by atoms with E-state index in [1.807, 2.05) is 21.7 Å². The van der Waals surface area contributed by atoms with Gasteiger partial charge in [-0.2, -0.15) is 26.3 Å². The van der Waals surface area contributed by atoms with Crippen LogP contribution in [0.2, 0.25) is 0 Å². The average Bonchev–Trinajstić information content (AvgIpc) is 3.41. The number of alkyl halides is 6. The first kappa shape index (κ1) is 21.6. The third kappa shape index (κ3) is 4.97. The number of nitrogens with one attached hydrogen (secondary N) is 4. The number of unbranched alkanes of at least 4 members (excludes halogenated alkanes) is 2. The molecule has 7 nitrogen and oxygen atoms in total. The number of aliphatic hydroxyl groups is 1. The van der Waals surface area contributed by atoms with E-state index in [9.17, 15) is 31.4 Å². The van der Waals surface area contributed by atoms with Crippen LogP contribution in [0.15, 0.2) is 0 Å². The van der Waals surface area contributed by atoms with Crippen molar-refractivity contribution in [3.63, 3.8) is 0 Å². The fourth-order valence-electron chi connectivity index (χ4n) is 2.24. The molecule has 0 bridgehead atoms. The Kier molecular flexibility index (Phi) is 6.12. The average molecular weight is 396 g/mol. The summed E-state index contributed by atoms with van der Waals surface area (Å²) in [6.07, 6.45) is -7.55. The standard InChI is InChI=1S/C13H22F6N4O3/c1-9(7-24,8-26-13(22-23-13)11(17,18)19)5-3-2-4-6-25-12(20-21-12)10(14,15)16/h20-24H,2-8H2,1H3. The van der Waals surface area contributed by atoms with Crippen molar-refractivity contribution in [1.29, 1.82) is 0 Å². The van der Waals surface area contributed by atoms with Crippen molar-refractivity contribution in [2.45, 2.75) is 56.7 Å². The molecular weight excluding hydrogens is 374 g/mol. The van der Waals surface area contributed by atoms with Crippen molar-refractivity contribution in [3.8, 4) is 0 Å². The molecule has 0 saturated carbocycles. The van der Waals surface area contributed by atoms with Gasteiger partial charge in [-0.05, 0) is 12.8 Å². The van der Waals surface area contributed by atoms with E-state index in [-0.39, 0.29) is 19.8 Å². The first-order valence-corrected chi connectivity index (χ1v) is 8.00. The zero-order valence-corrected chi connectivity index (χ0v) is 14.0. The Bertz CT molecular complexity index is 481. The highest BCUT2D eigenvalue weighted by Gasteiger charge is 2.67. The lowest BCUT2D eigenvalue weighted by molar-refractivity contribution is -0.250. The van der Waals surface area contributed by atoms with Crippen LogP contribution >= 0.6 is 0 Å². The lowest BCUT2D eigenvalue weighted by Gasteiger charge is -2.29. The largest absolute Gasteiger partial charge is 0.449 e. The molecule has 5 N–H and O–H groups in total. The van der Waals surface area contributed by atoms with Crippen LogP contribution in [-0.2, 0) is 9.47 Å². The number of hydrogen-bond acceptors (Lipinski definition) is 7. The molecule has 1 atom stereocenters. The van der Waals surface area contributed by atoms with Gasteiger partial charge in [0.25, 0.3) is 11.7 Å². The molecule has 0 amide bonds. The molecule has 0 aliphatic carbocycles. The van der Waals surface area contributed by atoms with Gasteiger partial charge in [0.15, 0.2) is 0 Å². The van der Waals surface area contributed by atoms with Gasteiger partial charge in [-0.3, -0.25) is 0 Å². The molecule has 0 aromatic carbocycles. The van der Waals surface area contributed by atoms with Crippen molar-refractivity contribution < 1.29 is 40.9 Å². The Morgan fingerprint density at radius 3 is 1.73 bits per heavy atom. The SMILES string of the molecule is CC(CO)(CCCCCOC1(C(F)(F)F)NN1)COC1(C(F)(F)F)NN1. The summed E-state index contributed by atoms with van der Waals surface area (Å²) in [5.41, 5.74) is 6.72. The molecule has 2 rings (SSSR count). The lowest BCUT2D eigenvalue weighted by Crippen LogP contribution is -2.43. The molecule has 0 radical (unpaired) electrons. The van der Waals surface area contributed by atoms with Crippen LogP contribution in [0, 0.1) is 5.41 Å². The second kappa shape index (κ2) is 7.37. The predicted molar refractivity (Wildman–Crippen MR) is 75.7 cm³/mol. The molecule has 0 aromatic heterocycles. The number of rotatable bonds is 11. The fraction of sp³-hybridized carbons (Fsp3) is 1.00. The first-order valence-electron chi connectivity index (χ1n) is 8.00. The first-order chi connectivity index (χ1) is 11.9. The van der Waals surface area contributed by atoms with Gasteiger partial charge in [0, 0.05) is 5.41 Å². The highest BCUT2D eigenvalue weighted by Crippen LogP contribution is 2.37. The van der Waals surface area contributed by atoms with Gasteiger partial charge in [0.05, 0.1) is 19.8 Å². The van der Waals surface area contributed by atoms with E-state index in [0.717, 1.165) is 0 Å². The molecule has 2 fully saturated rings. The van der Waals surface area contributed by atoms with Crippen LogP contribution < -0.4 is 21.7 Å². The number of hydrogen-bond donors (Lipinski definition) is 5. The predicted octanol–water partition coefficient (Wildman–Crippen LogP) is 1.23. The number of aliphatic hydroxyl groups excluding tert-OH is 1. The number of halogens is 6. The summed E-state index contributed by atoms with van der Waals surface area (Å²) < 4.78 is 85.5.